The molecule has 1 aliphatic rings. The summed E-state index contributed by atoms with van der Waals surface area (Å²) in [4.78, 5) is 0. The molecule has 1 fully saturated rings. The first-order valence-corrected chi connectivity index (χ1v) is 5.43. The molecule has 0 aliphatic heterocycles. The summed E-state index contributed by atoms with van der Waals surface area (Å²) in [7, 11) is 0. The van der Waals surface area contributed by atoms with Crippen molar-refractivity contribution < 1.29 is 4.42 Å². The molecule has 1 saturated carbocycles. The molecule has 0 spiro atoms. The lowest BCUT2D eigenvalue weighted by Crippen LogP contribution is -2.13. The number of hydrogen-bond donors (Lipinski definition) is 0. The van der Waals surface area contributed by atoms with Gasteiger partial charge < -0.3 is 4.42 Å². The van der Waals surface area contributed by atoms with Crippen LogP contribution in [0.4, 0.5) is 0 Å². The van der Waals surface area contributed by atoms with Gasteiger partial charge in [0.15, 0.2) is 0 Å². The van der Waals surface area contributed by atoms with E-state index in [-0.39, 0.29) is 5.41 Å². The molecular formula is C11H18N2O. The first-order valence-electron chi connectivity index (χ1n) is 5.43. The van der Waals surface area contributed by atoms with Gasteiger partial charge in [0.2, 0.25) is 11.8 Å². The molecule has 1 aromatic heterocycles. The Bertz CT molecular complexity index is 313. The van der Waals surface area contributed by atoms with Gasteiger partial charge in [0.25, 0.3) is 0 Å². The van der Waals surface area contributed by atoms with Crippen LogP contribution in [0.5, 0.6) is 0 Å². The fraction of sp³-hybridized carbons (Fsp3) is 0.818. The van der Waals surface area contributed by atoms with Crippen LogP contribution in [0.1, 0.15) is 57.7 Å². The number of rotatable bonds is 4. The van der Waals surface area contributed by atoms with Gasteiger partial charge in [-0.05, 0) is 18.3 Å². The molecule has 0 saturated heterocycles. The predicted molar refractivity (Wildman–Crippen MR) is 54.0 cm³/mol. The summed E-state index contributed by atoms with van der Waals surface area (Å²) in [5.74, 6) is 2.23. The normalized spacial score (nSPS) is 17.4. The molecule has 0 amide bonds. The molecule has 0 unspecified atom stereocenters. The van der Waals surface area contributed by atoms with Crippen molar-refractivity contribution in [2.45, 2.75) is 52.4 Å². The maximum atomic E-state index is 5.62. The highest BCUT2D eigenvalue weighted by Crippen LogP contribution is 2.39. The molecule has 0 aromatic carbocycles. The molecule has 0 bridgehead atoms. The van der Waals surface area contributed by atoms with Gasteiger partial charge in [0.05, 0.1) is 0 Å². The van der Waals surface area contributed by atoms with Crippen molar-refractivity contribution in [2.24, 2.45) is 5.41 Å². The number of nitrogens with zero attached hydrogens (tertiary/aromatic N) is 2. The molecule has 1 aliphatic carbocycles. The summed E-state index contributed by atoms with van der Waals surface area (Å²) in [5.41, 5.74) is 0.271. The molecule has 0 N–H and O–H groups in total. The zero-order chi connectivity index (χ0) is 10.2. The van der Waals surface area contributed by atoms with Crippen LogP contribution < -0.4 is 0 Å². The maximum Gasteiger partial charge on any atom is 0.219 e. The first-order chi connectivity index (χ1) is 6.61. The molecule has 0 radical (unpaired) electrons. The van der Waals surface area contributed by atoms with E-state index < -0.39 is 0 Å². The van der Waals surface area contributed by atoms with Gasteiger partial charge in [0.1, 0.15) is 0 Å². The Morgan fingerprint density at radius 1 is 1.36 bits per heavy atom. The molecule has 78 valence electrons. The van der Waals surface area contributed by atoms with Crippen molar-refractivity contribution in [1.29, 1.82) is 0 Å². The monoisotopic (exact) mass is 194 g/mol. The highest BCUT2D eigenvalue weighted by Gasteiger charge is 2.30. The lowest BCUT2D eigenvalue weighted by Gasteiger charge is -2.19. The lowest BCUT2D eigenvalue weighted by atomic mass is 9.87. The van der Waals surface area contributed by atoms with E-state index >= 15 is 0 Å². The van der Waals surface area contributed by atoms with E-state index in [0.29, 0.717) is 5.92 Å². The topological polar surface area (TPSA) is 38.9 Å². The average Bonchev–Trinajstić information content (AvgIpc) is 2.89. The summed E-state index contributed by atoms with van der Waals surface area (Å²) in [5, 5.41) is 8.17. The minimum Gasteiger partial charge on any atom is -0.425 e. The Balaban J connectivity index is 2.02. The summed E-state index contributed by atoms with van der Waals surface area (Å²) < 4.78 is 5.62. The Hall–Kier alpha value is -0.860. The van der Waals surface area contributed by atoms with Crippen LogP contribution in [0.25, 0.3) is 0 Å². The molecule has 3 nitrogen and oxygen atoms in total. The van der Waals surface area contributed by atoms with Gasteiger partial charge in [-0.15, -0.1) is 10.2 Å². The van der Waals surface area contributed by atoms with E-state index in [1.54, 1.807) is 0 Å². The third kappa shape index (κ3) is 2.14. The van der Waals surface area contributed by atoms with Crippen molar-refractivity contribution >= 4 is 0 Å². The van der Waals surface area contributed by atoms with Gasteiger partial charge >= 0.3 is 0 Å². The summed E-state index contributed by atoms with van der Waals surface area (Å²) in [6.07, 6.45) is 4.47. The first kappa shape index (κ1) is 9.69. The molecule has 1 aromatic rings. The summed E-state index contributed by atoms with van der Waals surface area (Å²) in [6, 6.07) is 0. The second kappa shape index (κ2) is 3.37. The van der Waals surface area contributed by atoms with Crippen LogP contribution in [0.3, 0.4) is 0 Å². The third-order valence-electron chi connectivity index (χ3n) is 3.00. The maximum absolute atomic E-state index is 5.62. The van der Waals surface area contributed by atoms with Gasteiger partial charge in [-0.2, -0.15) is 0 Å². The van der Waals surface area contributed by atoms with Crippen LogP contribution >= 0.6 is 0 Å². The van der Waals surface area contributed by atoms with E-state index in [1.165, 1.54) is 12.8 Å². The van der Waals surface area contributed by atoms with Gasteiger partial charge in [-0.25, -0.2) is 0 Å². The largest absolute Gasteiger partial charge is 0.425 e. The van der Waals surface area contributed by atoms with Gasteiger partial charge in [-0.1, -0.05) is 27.2 Å². The van der Waals surface area contributed by atoms with E-state index in [0.717, 1.165) is 24.6 Å². The summed E-state index contributed by atoms with van der Waals surface area (Å²) >= 11 is 0. The Morgan fingerprint density at radius 3 is 2.64 bits per heavy atom. The predicted octanol–water partition coefficient (Wildman–Crippen LogP) is 2.93. The average molecular weight is 194 g/mol. The van der Waals surface area contributed by atoms with Crippen LogP contribution in [0.15, 0.2) is 4.42 Å². The highest BCUT2D eigenvalue weighted by molar-refractivity contribution is 5.00. The summed E-state index contributed by atoms with van der Waals surface area (Å²) in [6.45, 7) is 6.65. The lowest BCUT2D eigenvalue weighted by molar-refractivity contribution is 0.305. The van der Waals surface area contributed by atoms with Crippen molar-refractivity contribution in [3.05, 3.63) is 11.8 Å². The van der Waals surface area contributed by atoms with E-state index in [1.807, 2.05) is 0 Å². The van der Waals surface area contributed by atoms with Crippen molar-refractivity contribution in [2.75, 3.05) is 0 Å². The minimum absolute atomic E-state index is 0.271. The van der Waals surface area contributed by atoms with Crippen LogP contribution in [0, 0.1) is 5.41 Å². The van der Waals surface area contributed by atoms with Crippen LogP contribution in [-0.4, -0.2) is 10.2 Å². The molecular weight excluding hydrogens is 176 g/mol. The zero-order valence-electron chi connectivity index (χ0n) is 9.21. The third-order valence-corrected chi connectivity index (χ3v) is 3.00. The number of aromatic nitrogens is 2. The molecule has 14 heavy (non-hydrogen) atoms. The highest BCUT2D eigenvalue weighted by atomic mass is 16.4. The fourth-order valence-electron chi connectivity index (χ4n) is 1.37. The fourth-order valence-corrected chi connectivity index (χ4v) is 1.37. The van der Waals surface area contributed by atoms with Crippen molar-refractivity contribution in [3.8, 4) is 0 Å². The minimum atomic E-state index is 0.271. The van der Waals surface area contributed by atoms with Gasteiger partial charge in [-0.3, -0.25) is 0 Å². The number of hydrogen-bond acceptors (Lipinski definition) is 3. The second-order valence-corrected chi connectivity index (χ2v) is 5.00. The standard InChI is InChI=1S/C11H18N2O/c1-4-11(2,3)7-9-12-13-10(14-9)8-5-6-8/h8H,4-7H2,1-3H3. The molecule has 2 rings (SSSR count). The van der Waals surface area contributed by atoms with Crippen LogP contribution in [-0.2, 0) is 6.42 Å². The van der Waals surface area contributed by atoms with Crippen LogP contribution in [0.2, 0.25) is 0 Å². The molecule has 3 heteroatoms. The molecule has 1 heterocycles. The van der Waals surface area contributed by atoms with Crippen molar-refractivity contribution in [1.82, 2.24) is 10.2 Å². The van der Waals surface area contributed by atoms with E-state index in [2.05, 4.69) is 31.0 Å². The SMILES string of the molecule is CCC(C)(C)Cc1nnc(C2CC2)o1. The van der Waals surface area contributed by atoms with E-state index in [4.69, 9.17) is 4.42 Å². The van der Waals surface area contributed by atoms with Crippen molar-refractivity contribution in [3.63, 3.8) is 0 Å². The smallest absolute Gasteiger partial charge is 0.219 e. The van der Waals surface area contributed by atoms with E-state index in [9.17, 15) is 0 Å². The quantitative estimate of drug-likeness (QED) is 0.739. The Labute approximate surface area is 84.9 Å². The van der Waals surface area contributed by atoms with Gasteiger partial charge in [0, 0.05) is 12.3 Å². The molecule has 0 atom stereocenters. The Kier molecular flexibility index (Phi) is 2.33. The zero-order valence-corrected chi connectivity index (χ0v) is 9.21. The Morgan fingerprint density at radius 2 is 2.07 bits per heavy atom. The second-order valence-electron chi connectivity index (χ2n) is 5.00.